The van der Waals surface area contributed by atoms with Gasteiger partial charge >= 0.3 is 6.18 Å². The molecule has 1 rings (SSSR count). The Bertz CT molecular complexity index is 322. The zero-order chi connectivity index (χ0) is 10.8. The lowest BCUT2D eigenvalue weighted by atomic mass is 10.1. The minimum Gasteiger partial charge on any atom is -0.388 e. The van der Waals surface area contributed by atoms with E-state index in [2.05, 4.69) is 21.2 Å². The highest BCUT2D eigenvalue weighted by Crippen LogP contribution is 2.28. The van der Waals surface area contributed by atoms with Crippen LogP contribution in [-0.2, 0) is 6.42 Å². The summed E-state index contributed by atoms with van der Waals surface area (Å²) in [5.41, 5.74) is 0.914. The predicted octanol–water partition coefficient (Wildman–Crippen LogP) is 3.60. The molecule has 1 aromatic carbocycles. The summed E-state index contributed by atoms with van der Waals surface area (Å²) in [6.07, 6.45) is -5.09. The summed E-state index contributed by atoms with van der Waals surface area (Å²) >= 11 is 3.08. The summed E-state index contributed by atoms with van der Waals surface area (Å²) in [5.74, 6) is 0. The first-order valence-corrected chi connectivity index (χ1v) is 4.74. The Kier molecular flexibility index (Phi) is 3.42. The zero-order valence-electron chi connectivity index (χ0n) is 7.45. The van der Waals surface area contributed by atoms with Crippen LogP contribution in [0.1, 0.15) is 5.56 Å². The standard InChI is InChI=1S/C9H9BrF3N/c1-14-7-2-3-8(10)6(4-7)5-9(11,12)13/h2-4,14H,5H2,1H3. The van der Waals surface area contributed by atoms with Crippen LogP contribution < -0.4 is 5.32 Å². The Balaban J connectivity index is 2.95. The van der Waals surface area contributed by atoms with Gasteiger partial charge in [0, 0.05) is 17.2 Å². The molecule has 5 heteroatoms. The fourth-order valence-electron chi connectivity index (χ4n) is 1.08. The summed E-state index contributed by atoms with van der Waals surface area (Å²) in [5, 5.41) is 2.79. The number of hydrogen-bond donors (Lipinski definition) is 1. The highest BCUT2D eigenvalue weighted by molar-refractivity contribution is 9.10. The number of halogens is 4. The number of alkyl halides is 3. The predicted molar refractivity (Wildman–Crippen MR) is 53.4 cm³/mol. The average molecular weight is 268 g/mol. The van der Waals surface area contributed by atoms with Crippen LogP contribution in [-0.4, -0.2) is 13.2 Å². The first-order chi connectivity index (χ1) is 6.42. The Morgan fingerprint density at radius 2 is 2.00 bits per heavy atom. The normalized spacial score (nSPS) is 11.5. The fraction of sp³-hybridized carbons (Fsp3) is 0.333. The summed E-state index contributed by atoms with van der Waals surface area (Å²) < 4.78 is 36.8. The molecule has 0 aliphatic rings. The molecular weight excluding hydrogens is 259 g/mol. The molecule has 0 bridgehead atoms. The van der Waals surface area contributed by atoms with Crippen molar-refractivity contribution in [2.24, 2.45) is 0 Å². The van der Waals surface area contributed by atoms with Gasteiger partial charge in [0.15, 0.2) is 0 Å². The maximum absolute atomic E-state index is 12.1. The van der Waals surface area contributed by atoms with E-state index in [0.717, 1.165) is 0 Å². The van der Waals surface area contributed by atoms with Crippen LogP contribution in [0.15, 0.2) is 22.7 Å². The van der Waals surface area contributed by atoms with Crippen LogP contribution in [0.25, 0.3) is 0 Å². The van der Waals surface area contributed by atoms with Gasteiger partial charge in [-0.2, -0.15) is 13.2 Å². The number of rotatable bonds is 2. The molecule has 0 saturated carbocycles. The van der Waals surface area contributed by atoms with Crippen molar-refractivity contribution in [1.82, 2.24) is 0 Å². The van der Waals surface area contributed by atoms with Gasteiger partial charge < -0.3 is 5.32 Å². The van der Waals surface area contributed by atoms with Gasteiger partial charge in [0.05, 0.1) is 6.42 Å². The Morgan fingerprint density at radius 3 is 2.50 bits per heavy atom. The summed E-state index contributed by atoms with van der Waals surface area (Å²) in [4.78, 5) is 0. The smallest absolute Gasteiger partial charge is 0.388 e. The maximum Gasteiger partial charge on any atom is 0.393 e. The molecule has 0 radical (unpaired) electrons. The van der Waals surface area contributed by atoms with Gasteiger partial charge in [-0.25, -0.2) is 0 Å². The number of nitrogens with one attached hydrogen (secondary N) is 1. The van der Waals surface area contributed by atoms with E-state index in [4.69, 9.17) is 0 Å². The molecular formula is C9H9BrF3N. The Morgan fingerprint density at radius 1 is 1.36 bits per heavy atom. The van der Waals surface area contributed by atoms with Crippen molar-refractivity contribution in [3.63, 3.8) is 0 Å². The SMILES string of the molecule is CNc1ccc(Br)c(CC(F)(F)F)c1. The number of benzene rings is 1. The van der Waals surface area contributed by atoms with Gasteiger partial charge in [-0.1, -0.05) is 15.9 Å². The highest BCUT2D eigenvalue weighted by Gasteiger charge is 2.28. The van der Waals surface area contributed by atoms with Gasteiger partial charge in [0.25, 0.3) is 0 Å². The third-order valence-corrected chi connectivity index (χ3v) is 2.50. The second kappa shape index (κ2) is 4.21. The van der Waals surface area contributed by atoms with Crippen LogP contribution in [0.3, 0.4) is 0 Å². The first kappa shape index (κ1) is 11.4. The van der Waals surface area contributed by atoms with Crippen molar-refractivity contribution < 1.29 is 13.2 Å². The molecule has 0 aromatic heterocycles. The molecule has 0 heterocycles. The van der Waals surface area contributed by atoms with Crippen molar-refractivity contribution in [2.45, 2.75) is 12.6 Å². The lowest BCUT2D eigenvalue weighted by molar-refractivity contribution is -0.127. The van der Waals surface area contributed by atoms with Crippen LogP contribution in [0.5, 0.6) is 0 Å². The van der Waals surface area contributed by atoms with Gasteiger partial charge in [-0.3, -0.25) is 0 Å². The largest absolute Gasteiger partial charge is 0.393 e. The van der Waals surface area contributed by atoms with E-state index in [1.165, 1.54) is 6.07 Å². The third-order valence-electron chi connectivity index (χ3n) is 1.73. The lowest BCUT2D eigenvalue weighted by Crippen LogP contribution is -2.12. The van der Waals surface area contributed by atoms with Crippen molar-refractivity contribution >= 4 is 21.6 Å². The van der Waals surface area contributed by atoms with Crippen LogP contribution >= 0.6 is 15.9 Å². The topological polar surface area (TPSA) is 12.0 Å². The summed E-state index contributed by atoms with van der Waals surface area (Å²) in [6, 6.07) is 4.80. The Labute approximate surface area is 88.4 Å². The summed E-state index contributed by atoms with van der Waals surface area (Å²) in [7, 11) is 1.67. The van der Waals surface area contributed by atoms with E-state index in [0.29, 0.717) is 10.2 Å². The van der Waals surface area contributed by atoms with Crippen LogP contribution in [0.2, 0.25) is 0 Å². The van der Waals surface area contributed by atoms with Gasteiger partial charge in [-0.15, -0.1) is 0 Å². The molecule has 0 aliphatic heterocycles. The molecule has 0 amide bonds. The van der Waals surface area contributed by atoms with Gasteiger partial charge in [0.1, 0.15) is 0 Å². The molecule has 14 heavy (non-hydrogen) atoms. The maximum atomic E-state index is 12.1. The molecule has 1 nitrogen and oxygen atoms in total. The molecule has 0 atom stereocenters. The van der Waals surface area contributed by atoms with Crippen LogP contribution in [0.4, 0.5) is 18.9 Å². The molecule has 0 fully saturated rings. The van der Waals surface area contributed by atoms with Crippen molar-refractivity contribution in [2.75, 3.05) is 12.4 Å². The fourth-order valence-corrected chi connectivity index (χ4v) is 1.47. The molecule has 1 N–H and O–H groups in total. The summed E-state index contributed by atoms with van der Waals surface area (Å²) in [6.45, 7) is 0. The molecule has 0 unspecified atom stereocenters. The molecule has 78 valence electrons. The van der Waals surface area contributed by atoms with E-state index in [9.17, 15) is 13.2 Å². The van der Waals surface area contributed by atoms with E-state index >= 15 is 0 Å². The van der Waals surface area contributed by atoms with Gasteiger partial charge in [0.2, 0.25) is 0 Å². The zero-order valence-corrected chi connectivity index (χ0v) is 9.04. The monoisotopic (exact) mass is 267 g/mol. The minimum absolute atomic E-state index is 0.240. The molecule has 1 aromatic rings. The molecule has 0 aliphatic carbocycles. The van der Waals surface area contributed by atoms with E-state index in [1.807, 2.05) is 0 Å². The highest BCUT2D eigenvalue weighted by atomic mass is 79.9. The van der Waals surface area contributed by atoms with Crippen molar-refractivity contribution in [3.05, 3.63) is 28.2 Å². The average Bonchev–Trinajstić information content (AvgIpc) is 2.06. The van der Waals surface area contributed by atoms with E-state index in [1.54, 1.807) is 19.2 Å². The minimum atomic E-state index is -4.17. The van der Waals surface area contributed by atoms with Crippen molar-refractivity contribution in [1.29, 1.82) is 0 Å². The molecule has 0 saturated heterocycles. The quantitative estimate of drug-likeness (QED) is 0.864. The lowest BCUT2D eigenvalue weighted by Gasteiger charge is -2.10. The number of anilines is 1. The third kappa shape index (κ3) is 3.21. The Hall–Kier alpha value is -0.710. The van der Waals surface area contributed by atoms with E-state index < -0.39 is 12.6 Å². The second-order valence-electron chi connectivity index (χ2n) is 2.85. The number of hydrogen-bond acceptors (Lipinski definition) is 1. The molecule has 0 spiro atoms. The van der Waals surface area contributed by atoms with E-state index in [-0.39, 0.29) is 5.56 Å². The van der Waals surface area contributed by atoms with Gasteiger partial charge in [-0.05, 0) is 23.8 Å². The van der Waals surface area contributed by atoms with Crippen LogP contribution in [0, 0.1) is 0 Å². The second-order valence-corrected chi connectivity index (χ2v) is 3.70. The first-order valence-electron chi connectivity index (χ1n) is 3.95. The van der Waals surface area contributed by atoms with Crippen molar-refractivity contribution in [3.8, 4) is 0 Å².